The van der Waals surface area contributed by atoms with Gasteiger partial charge in [0.15, 0.2) is 0 Å². The van der Waals surface area contributed by atoms with Crippen molar-refractivity contribution in [1.29, 1.82) is 0 Å². The lowest BCUT2D eigenvalue weighted by Gasteiger charge is -2.46. The summed E-state index contributed by atoms with van der Waals surface area (Å²) in [5, 5.41) is 0. The molecule has 0 aromatic heterocycles. The van der Waals surface area contributed by atoms with Crippen LogP contribution in [0.1, 0.15) is 37.5 Å². The molecule has 23 heavy (non-hydrogen) atoms. The molecule has 0 fully saturated rings. The SMILES string of the molecule is CC(C)(C)C(c1ccccc1)(c1ccccc1)c1ccccc1. The molecule has 0 aliphatic rings. The van der Waals surface area contributed by atoms with E-state index in [-0.39, 0.29) is 10.8 Å². The Balaban J connectivity index is 2.41. The first-order valence-corrected chi connectivity index (χ1v) is 8.23. The van der Waals surface area contributed by atoms with Gasteiger partial charge in [0, 0.05) is 5.41 Å². The predicted octanol–water partition coefficient (Wildman–Crippen LogP) is 6.07. The molecule has 0 spiro atoms. The maximum absolute atomic E-state index is 2.33. The number of hydrogen-bond donors (Lipinski definition) is 0. The molecule has 3 rings (SSSR count). The summed E-state index contributed by atoms with van der Waals surface area (Å²) in [6.45, 7) is 7.00. The van der Waals surface area contributed by atoms with Crippen molar-refractivity contribution in [2.75, 3.05) is 0 Å². The Labute approximate surface area is 139 Å². The van der Waals surface area contributed by atoms with Gasteiger partial charge in [0.2, 0.25) is 0 Å². The molecular weight excluding hydrogens is 276 g/mol. The number of hydrogen-bond acceptors (Lipinski definition) is 0. The van der Waals surface area contributed by atoms with Gasteiger partial charge in [-0.1, -0.05) is 112 Å². The third kappa shape index (κ3) is 2.59. The van der Waals surface area contributed by atoms with E-state index >= 15 is 0 Å². The monoisotopic (exact) mass is 300 g/mol. The molecule has 3 aromatic rings. The largest absolute Gasteiger partial charge is 0.0622 e. The van der Waals surface area contributed by atoms with Gasteiger partial charge in [-0.05, 0) is 22.1 Å². The van der Waals surface area contributed by atoms with E-state index in [1.165, 1.54) is 16.7 Å². The zero-order valence-corrected chi connectivity index (χ0v) is 14.2. The fourth-order valence-corrected chi connectivity index (χ4v) is 3.86. The van der Waals surface area contributed by atoms with Crippen molar-refractivity contribution in [3.05, 3.63) is 108 Å². The fourth-order valence-electron chi connectivity index (χ4n) is 3.86. The molecule has 0 atom stereocenters. The highest BCUT2D eigenvalue weighted by Gasteiger charge is 2.46. The average Bonchev–Trinajstić information content (AvgIpc) is 2.57. The molecule has 0 aliphatic carbocycles. The lowest BCUT2D eigenvalue weighted by Crippen LogP contribution is -2.42. The van der Waals surface area contributed by atoms with E-state index in [0.29, 0.717) is 0 Å². The normalized spacial score (nSPS) is 12.1. The molecular formula is C23H24. The van der Waals surface area contributed by atoms with Crippen molar-refractivity contribution in [3.63, 3.8) is 0 Å². The summed E-state index contributed by atoms with van der Waals surface area (Å²) in [7, 11) is 0. The Morgan fingerprint density at radius 3 is 0.913 bits per heavy atom. The van der Waals surface area contributed by atoms with Crippen LogP contribution >= 0.6 is 0 Å². The lowest BCUT2D eigenvalue weighted by molar-refractivity contribution is 0.272. The van der Waals surface area contributed by atoms with Gasteiger partial charge >= 0.3 is 0 Å². The second-order valence-corrected chi connectivity index (χ2v) is 7.10. The second-order valence-electron chi connectivity index (χ2n) is 7.10. The van der Waals surface area contributed by atoms with Gasteiger partial charge in [-0.15, -0.1) is 0 Å². The Kier molecular flexibility index (Phi) is 4.09. The standard InChI is InChI=1S/C23H24/c1-22(2,3)23(19-13-7-4-8-14-19,20-15-9-5-10-16-20)21-17-11-6-12-18-21/h4-18H,1-3H3. The highest BCUT2D eigenvalue weighted by atomic mass is 14.5. The Morgan fingerprint density at radius 1 is 0.435 bits per heavy atom. The Hall–Kier alpha value is -2.34. The van der Waals surface area contributed by atoms with Crippen molar-refractivity contribution in [1.82, 2.24) is 0 Å². The van der Waals surface area contributed by atoms with E-state index in [0.717, 1.165) is 0 Å². The average molecular weight is 300 g/mol. The van der Waals surface area contributed by atoms with Crippen LogP contribution in [0.4, 0.5) is 0 Å². The van der Waals surface area contributed by atoms with E-state index in [4.69, 9.17) is 0 Å². The van der Waals surface area contributed by atoms with Crippen LogP contribution in [0.15, 0.2) is 91.0 Å². The highest BCUT2D eigenvalue weighted by molar-refractivity contribution is 5.52. The molecule has 0 heterocycles. The smallest absolute Gasteiger partial charge is 0.0499 e. The van der Waals surface area contributed by atoms with Crippen LogP contribution in [0.2, 0.25) is 0 Å². The fraction of sp³-hybridized carbons (Fsp3) is 0.217. The summed E-state index contributed by atoms with van der Waals surface area (Å²) in [4.78, 5) is 0. The zero-order valence-electron chi connectivity index (χ0n) is 14.2. The van der Waals surface area contributed by atoms with Gasteiger partial charge < -0.3 is 0 Å². The van der Waals surface area contributed by atoms with Crippen molar-refractivity contribution in [2.24, 2.45) is 5.41 Å². The predicted molar refractivity (Wildman–Crippen MR) is 98.7 cm³/mol. The van der Waals surface area contributed by atoms with Crippen molar-refractivity contribution in [2.45, 2.75) is 26.2 Å². The van der Waals surface area contributed by atoms with Crippen LogP contribution in [0.25, 0.3) is 0 Å². The molecule has 0 saturated carbocycles. The first-order chi connectivity index (χ1) is 11.1. The second kappa shape index (κ2) is 6.04. The lowest BCUT2D eigenvalue weighted by atomic mass is 9.56. The number of benzene rings is 3. The quantitative estimate of drug-likeness (QED) is 0.515. The van der Waals surface area contributed by atoms with Gasteiger partial charge in [0.1, 0.15) is 0 Å². The van der Waals surface area contributed by atoms with Crippen LogP contribution in [-0.4, -0.2) is 0 Å². The summed E-state index contributed by atoms with van der Waals surface area (Å²) in [6.07, 6.45) is 0. The molecule has 0 amide bonds. The highest BCUT2D eigenvalue weighted by Crippen LogP contribution is 2.51. The van der Waals surface area contributed by atoms with E-state index in [2.05, 4.69) is 112 Å². The molecule has 3 aromatic carbocycles. The molecule has 0 nitrogen and oxygen atoms in total. The van der Waals surface area contributed by atoms with Gasteiger partial charge in [0.05, 0.1) is 0 Å². The maximum Gasteiger partial charge on any atom is 0.0499 e. The molecule has 0 saturated heterocycles. The topological polar surface area (TPSA) is 0 Å². The van der Waals surface area contributed by atoms with Gasteiger partial charge in [-0.2, -0.15) is 0 Å². The van der Waals surface area contributed by atoms with Crippen molar-refractivity contribution < 1.29 is 0 Å². The molecule has 0 bridgehead atoms. The van der Waals surface area contributed by atoms with Gasteiger partial charge in [0.25, 0.3) is 0 Å². The van der Waals surface area contributed by atoms with Crippen LogP contribution in [0, 0.1) is 5.41 Å². The van der Waals surface area contributed by atoms with E-state index < -0.39 is 0 Å². The summed E-state index contributed by atoms with van der Waals surface area (Å²) in [5.41, 5.74) is 3.85. The molecule has 0 heteroatoms. The molecule has 0 unspecified atom stereocenters. The maximum atomic E-state index is 2.33. The molecule has 116 valence electrons. The summed E-state index contributed by atoms with van der Waals surface area (Å²) >= 11 is 0. The van der Waals surface area contributed by atoms with Crippen molar-refractivity contribution >= 4 is 0 Å². The van der Waals surface area contributed by atoms with Crippen molar-refractivity contribution in [3.8, 4) is 0 Å². The minimum atomic E-state index is -0.184. The molecule has 0 radical (unpaired) electrons. The summed E-state index contributed by atoms with van der Waals surface area (Å²) in [5.74, 6) is 0. The molecule has 0 aliphatic heterocycles. The van der Waals surface area contributed by atoms with Crippen LogP contribution in [-0.2, 0) is 5.41 Å². The first-order valence-electron chi connectivity index (χ1n) is 8.23. The minimum Gasteiger partial charge on any atom is -0.0622 e. The zero-order chi connectivity index (χ0) is 16.3. The van der Waals surface area contributed by atoms with Crippen LogP contribution < -0.4 is 0 Å². The first kappa shape index (κ1) is 15.6. The molecule has 0 N–H and O–H groups in total. The minimum absolute atomic E-state index is 0.0249. The van der Waals surface area contributed by atoms with E-state index in [9.17, 15) is 0 Å². The van der Waals surface area contributed by atoms with E-state index in [1.54, 1.807) is 0 Å². The Bertz CT molecular complexity index is 638. The third-order valence-corrected chi connectivity index (χ3v) is 4.75. The van der Waals surface area contributed by atoms with Gasteiger partial charge in [-0.25, -0.2) is 0 Å². The summed E-state index contributed by atoms with van der Waals surface area (Å²) < 4.78 is 0. The van der Waals surface area contributed by atoms with Gasteiger partial charge in [-0.3, -0.25) is 0 Å². The summed E-state index contributed by atoms with van der Waals surface area (Å²) in [6, 6.07) is 32.6. The van der Waals surface area contributed by atoms with E-state index in [1.807, 2.05) is 0 Å². The van der Waals surface area contributed by atoms with Crippen LogP contribution in [0.3, 0.4) is 0 Å². The third-order valence-electron chi connectivity index (χ3n) is 4.75. The Morgan fingerprint density at radius 2 is 0.696 bits per heavy atom. The van der Waals surface area contributed by atoms with Crippen LogP contribution in [0.5, 0.6) is 0 Å². The number of rotatable bonds is 3.